The number of likely N-dealkylation sites (tertiary alicyclic amines) is 1. The Bertz CT molecular complexity index is 1480. The molecule has 282 valence electrons. The van der Waals surface area contributed by atoms with Gasteiger partial charge in [0.1, 0.15) is 16.7 Å². The Morgan fingerprint density at radius 2 is 1.80 bits per heavy atom. The smallest absolute Gasteiger partial charge is 0.308 e. The summed E-state index contributed by atoms with van der Waals surface area (Å²) in [6.07, 6.45) is 7.43. The minimum absolute atomic E-state index is 0.0232. The molecule has 15 heteroatoms. The van der Waals surface area contributed by atoms with E-state index in [0.29, 0.717) is 30.2 Å². The zero-order chi connectivity index (χ0) is 37.2. The molecular formula is C36H54N6O7S2. The lowest BCUT2D eigenvalue weighted by Gasteiger charge is -2.37. The average molecular weight is 747 g/mol. The first-order valence-corrected chi connectivity index (χ1v) is 19.7. The van der Waals surface area contributed by atoms with Crippen molar-refractivity contribution in [1.29, 1.82) is 0 Å². The third-order valence-corrected chi connectivity index (χ3v) is 11.6. The minimum Gasteiger partial charge on any atom is -0.469 e. The van der Waals surface area contributed by atoms with Gasteiger partial charge < -0.3 is 25.0 Å². The van der Waals surface area contributed by atoms with Crippen LogP contribution in [0.15, 0.2) is 17.0 Å². The fourth-order valence-electron chi connectivity index (χ4n) is 6.77. The van der Waals surface area contributed by atoms with Crippen molar-refractivity contribution in [2.75, 3.05) is 27.7 Å². The Kier molecular flexibility index (Phi) is 14.9. The van der Waals surface area contributed by atoms with E-state index in [1.54, 1.807) is 30.4 Å². The molecule has 51 heavy (non-hydrogen) atoms. The predicted molar refractivity (Wildman–Crippen MR) is 195 cm³/mol. The van der Waals surface area contributed by atoms with Gasteiger partial charge in [0.25, 0.3) is 5.91 Å². The maximum Gasteiger partial charge on any atom is 0.308 e. The Morgan fingerprint density at radius 1 is 1.06 bits per heavy atom. The van der Waals surface area contributed by atoms with E-state index in [-0.39, 0.29) is 47.9 Å². The Hall–Kier alpha value is -3.43. The Labute approximate surface area is 309 Å². The molecule has 1 saturated carbocycles. The first kappa shape index (κ1) is 40.3. The van der Waals surface area contributed by atoms with Gasteiger partial charge in [0.05, 0.1) is 24.1 Å². The van der Waals surface area contributed by atoms with Crippen molar-refractivity contribution in [3.8, 4) is 0 Å². The van der Waals surface area contributed by atoms with E-state index in [1.807, 2.05) is 26.3 Å². The van der Waals surface area contributed by atoms with E-state index in [9.17, 15) is 24.0 Å². The first-order valence-electron chi connectivity index (χ1n) is 17.9. The van der Waals surface area contributed by atoms with Gasteiger partial charge in [-0.05, 0) is 51.1 Å². The lowest BCUT2D eigenvalue weighted by molar-refractivity contribution is -0.149. The second-order valence-corrected chi connectivity index (χ2v) is 16.2. The summed E-state index contributed by atoms with van der Waals surface area (Å²) in [6, 6.07) is -1.66. The van der Waals surface area contributed by atoms with Crippen molar-refractivity contribution in [2.24, 2.45) is 17.8 Å². The molecule has 2 aromatic heterocycles. The zero-order valence-corrected chi connectivity index (χ0v) is 32.5. The largest absolute Gasteiger partial charge is 0.469 e. The van der Waals surface area contributed by atoms with Gasteiger partial charge in [0.15, 0.2) is 6.10 Å². The molecule has 4 rings (SSSR count). The molecule has 2 aliphatic rings. The van der Waals surface area contributed by atoms with Crippen molar-refractivity contribution < 1.29 is 33.4 Å². The topological polar surface area (TPSA) is 160 Å². The maximum atomic E-state index is 14.1. The molecule has 2 aromatic rings. The van der Waals surface area contributed by atoms with E-state index in [4.69, 9.17) is 9.47 Å². The van der Waals surface area contributed by atoms with Crippen LogP contribution in [0.4, 0.5) is 0 Å². The number of thiazole rings is 2. The van der Waals surface area contributed by atoms with Crippen LogP contribution in [0.25, 0.3) is 0 Å². The number of ether oxygens (including phenoxy) is 2. The molecule has 3 amide bonds. The monoisotopic (exact) mass is 746 g/mol. The highest BCUT2D eigenvalue weighted by atomic mass is 32.1. The number of carbonyl (C=O) groups is 5. The number of nitrogens with one attached hydrogen (secondary N) is 2. The quantitative estimate of drug-likeness (QED) is 0.210. The van der Waals surface area contributed by atoms with Crippen molar-refractivity contribution in [2.45, 2.75) is 116 Å². The number of carbonyl (C=O) groups excluding carboxylic acids is 5. The third kappa shape index (κ3) is 11.8. The van der Waals surface area contributed by atoms with Crippen LogP contribution >= 0.6 is 22.7 Å². The number of nitrogens with zero attached hydrogens (tertiary/aromatic N) is 4. The molecule has 3 heterocycles. The van der Waals surface area contributed by atoms with Gasteiger partial charge in [-0.1, -0.05) is 40.0 Å². The molecule has 6 atom stereocenters. The molecule has 2 fully saturated rings. The van der Waals surface area contributed by atoms with Crippen molar-refractivity contribution in [3.05, 3.63) is 32.7 Å². The zero-order valence-electron chi connectivity index (χ0n) is 30.9. The van der Waals surface area contributed by atoms with Gasteiger partial charge in [0, 0.05) is 55.9 Å². The second kappa shape index (κ2) is 18.9. The Morgan fingerprint density at radius 3 is 2.41 bits per heavy atom. The van der Waals surface area contributed by atoms with Gasteiger partial charge in [-0.15, -0.1) is 22.7 Å². The molecule has 1 aliphatic carbocycles. The predicted octanol–water partition coefficient (Wildman–Crippen LogP) is 4.39. The second-order valence-electron chi connectivity index (χ2n) is 14.4. The lowest BCUT2D eigenvalue weighted by atomic mass is 9.95. The summed E-state index contributed by atoms with van der Waals surface area (Å²) >= 11 is 2.67. The van der Waals surface area contributed by atoms with Gasteiger partial charge in [-0.2, -0.15) is 0 Å². The summed E-state index contributed by atoms with van der Waals surface area (Å²) in [6.45, 7) is 7.94. The highest BCUT2D eigenvalue weighted by Gasteiger charge is 2.38. The number of esters is 2. The number of piperidine rings is 1. The molecular weight excluding hydrogens is 693 g/mol. The number of hydrogen-bond acceptors (Lipinski definition) is 12. The normalized spacial score (nSPS) is 19.3. The molecule has 0 bridgehead atoms. The molecule has 0 radical (unpaired) electrons. The number of hydrogen-bond donors (Lipinski definition) is 2. The molecule has 13 nitrogen and oxygen atoms in total. The van der Waals surface area contributed by atoms with Crippen LogP contribution in [0.2, 0.25) is 0 Å². The molecule has 0 aromatic carbocycles. The molecule has 1 saturated heterocycles. The fourth-order valence-corrected chi connectivity index (χ4v) is 8.31. The number of rotatable bonds is 18. The van der Waals surface area contributed by atoms with Crippen molar-refractivity contribution in [3.63, 3.8) is 0 Å². The number of aromatic nitrogens is 2. The average Bonchev–Trinajstić information content (AvgIpc) is 3.50. The van der Waals surface area contributed by atoms with Crippen LogP contribution in [-0.4, -0.2) is 101 Å². The molecule has 0 unspecified atom stereocenters. The summed E-state index contributed by atoms with van der Waals surface area (Å²) in [4.78, 5) is 78.2. The van der Waals surface area contributed by atoms with Crippen molar-refractivity contribution in [1.82, 2.24) is 30.4 Å². The van der Waals surface area contributed by atoms with Gasteiger partial charge in [0.2, 0.25) is 11.8 Å². The van der Waals surface area contributed by atoms with E-state index >= 15 is 0 Å². The van der Waals surface area contributed by atoms with E-state index in [0.717, 1.165) is 43.7 Å². The number of amides is 3. The molecule has 0 spiro atoms. The SMILES string of the molecule is COC(=O)[C@@H](C)C[C@H](Cc1nccs1)NC(=O)c1csc([C@@H](C[C@H](C(C)C)N(C)C(=O)[C@H](CC2CC2)NC(=O)[C@H]2CCCCN2C)OC(C)=O)n1. The van der Waals surface area contributed by atoms with Crippen LogP contribution < -0.4 is 10.6 Å². The molecule has 2 N–H and O–H groups in total. The van der Waals surface area contributed by atoms with E-state index < -0.39 is 36.0 Å². The van der Waals surface area contributed by atoms with Crippen LogP contribution in [0.1, 0.15) is 106 Å². The summed E-state index contributed by atoms with van der Waals surface area (Å²) in [5.74, 6) is -1.63. The van der Waals surface area contributed by atoms with Crippen LogP contribution in [0.3, 0.4) is 0 Å². The highest BCUT2D eigenvalue weighted by Crippen LogP contribution is 2.35. The standard InChI is InChI=1S/C36H54N6O7S2/c1-21(2)29(42(6)35(46)26(17-24-11-12-24)39-33(45)28-10-8-9-14-41(28)5)19-30(49-23(4)43)34-40-27(20-51-34)32(44)38-25(16-22(3)36(47)48-7)18-31-37-13-15-50-31/h13,15,20-22,24-26,28-30H,8-12,14,16-19H2,1-7H3,(H,38,44)(H,39,45)/t22-,25+,26-,28+,29+,30+/m0/s1. The van der Waals surface area contributed by atoms with Crippen LogP contribution in [0.5, 0.6) is 0 Å². The van der Waals surface area contributed by atoms with Crippen LogP contribution in [0, 0.1) is 17.8 Å². The summed E-state index contributed by atoms with van der Waals surface area (Å²) in [5.41, 5.74) is 0.160. The van der Waals surface area contributed by atoms with Gasteiger partial charge in [-0.25, -0.2) is 9.97 Å². The summed E-state index contributed by atoms with van der Waals surface area (Å²) in [5, 5.41) is 10.8. The Balaban J connectivity index is 1.49. The lowest BCUT2D eigenvalue weighted by Crippen LogP contribution is -2.56. The van der Waals surface area contributed by atoms with Crippen LogP contribution in [-0.2, 0) is 35.1 Å². The summed E-state index contributed by atoms with van der Waals surface area (Å²) in [7, 11) is 5.04. The van der Waals surface area contributed by atoms with E-state index in [2.05, 4.69) is 25.5 Å². The maximum absolute atomic E-state index is 14.1. The summed E-state index contributed by atoms with van der Waals surface area (Å²) < 4.78 is 10.7. The molecule has 1 aliphatic heterocycles. The minimum atomic E-state index is -0.811. The number of likely N-dealkylation sites (N-methyl/N-ethyl adjacent to an activating group) is 2. The van der Waals surface area contributed by atoms with Gasteiger partial charge >= 0.3 is 11.9 Å². The first-order chi connectivity index (χ1) is 24.3. The van der Waals surface area contributed by atoms with E-state index in [1.165, 1.54) is 36.7 Å². The number of methoxy groups -OCH3 is 1. The van der Waals surface area contributed by atoms with Gasteiger partial charge in [-0.3, -0.25) is 28.9 Å². The highest BCUT2D eigenvalue weighted by molar-refractivity contribution is 7.10. The van der Waals surface area contributed by atoms with Crippen molar-refractivity contribution >= 4 is 52.3 Å². The third-order valence-electron chi connectivity index (χ3n) is 9.84. The fraction of sp³-hybridized carbons (Fsp3) is 0.694.